The zero-order valence-corrected chi connectivity index (χ0v) is 33.6. The van der Waals surface area contributed by atoms with E-state index in [0.29, 0.717) is 17.6 Å². The molecule has 0 aliphatic heterocycles. The third kappa shape index (κ3) is 5.98. The number of fused-ring (bicyclic) bond motifs is 7. The monoisotopic (exact) mass is 791 g/mol. The summed E-state index contributed by atoms with van der Waals surface area (Å²) in [7, 11) is 0. The molecule has 3 heterocycles. The minimum atomic E-state index is 0.561. The molecule has 9 aromatic carbocycles. The van der Waals surface area contributed by atoms with E-state index in [1.165, 1.54) is 33.0 Å². The molecule has 290 valence electrons. The fourth-order valence-corrected chi connectivity index (χ4v) is 9.08. The molecule has 3 aromatic heterocycles. The van der Waals surface area contributed by atoms with Gasteiger partial charge < -0.3 is 4.57 Å². The van der Waals surface area contributed by atoms with Crippen molar-refractivity contribution in [2.45, 2.75) is 0 Å². The second kappa shape index (κ2) is 14.7. The predicted octanol–water partition coefficient (Wildman–Crippen LogP) is 14.4. The average Bonchev–Trinajstić information content (AvgIpc) is 3.88. The summed E-state index contributed by atoms with van der Waals surface area (Å²) >= 11 is 0. The van der Waals surface area contributed by atoms with Gasteiger partial charge in [0, 0.05) is 38.4 Å². The first-order valence-electron chi connectivity index (χ1n) is 20.9. The Labute approximate surface area is 358 Å². The molecule has 62 heavy (non-hydrogen) atoms. The van der Waals surface area contributed by atoms with Gasteiger partial charge in [0.1, 0.15) is 0 Å². The van der Waals surface area contributed by atoms with Crippen LogP contribution in [0.15, 0.2) is 224 Å². The summed E-state index contributed by atoms with van der Waals surface area (Å²) in [6.45, 7) is 0. The first-order valence-corrected chi connectivity index (χ1v) is 20.9. The van der Waals surface area contributed by atoms with Gasteiger partial charge in [-0.1, -0.05) is 182 Å². The van der Waals surface area contributed by atoms with E-state index in [0.717, 1.165) is 60.8 Å². The number of nitrogens with zero attached hydrogens (tertiary/aromatic N) is 5. The van der Waals surface area contributed by atoms with Crippen molar-refractivity contribution >= 4 is 43.6 Å². The van der Waals surface area contributed by atoms with Gasteiger partial charge in [-0.25, -0.2) is 4.98 Å². The molecule has 0 fully saturated rings. The standard InChI is InChI=1S/C57H37N5/c1-4-16-38(17-5-1)40-30-32-46(33-31-40)61-50-28-12-10-26-47(50)48-34-35-52-53(54(48)61)49-27-11-13-29-51(49)62(52)57-59-55(41-20-8-3-9-21-41)58-56(60-57)45-25-15-24-44(37-45)43-23-14-22-42(36-43)39-18-6-2-7-19-39/h1-37H. The van der Waals surface area contributed by atoms with E-state index >= 15 is 0 Å². The third-order valence-electron chi connectivity index (χ3n) is 12.0. The lowest BCUT2D eigenvalue weighted by Crippen LogP contribution is -2.06. The van der Waals surface area contributed by atoms with Gasteiger partial charge >= 0.3 is 0 Å². The molecular formula is C57H37N5. The molecule has 0 aliphatic carbocycles. The van der Waals surface area contributed by atoms with Gasteiger partial charge in [-0.05, 0) is 75.8 Å². The molecule has 0 unspecified atom stereocenters. The molecular weight excluding hydrogens is 755 g/mol. The van der Waals surface area contributed by atoms with E-state index in [1.807, 2.05) is 18.2 Å². The van der Waals surface area contributed by atoms with Crippen LogP contribution in [0.3, 0.4) is 0 Å². The molecule has 0 radical (unpaired) electrons. The van der Waals surface area contributed by atoms with E-state index in [1.54, 1.807) is 0 Å². The summed E-state index contributed by atoms with van der Waals surface area (Å²) in [5.41, 5.74) is 14.2. The Bertz CT molecular complexity index is 3610. The maximum atomic E-state index is 5.35. The van der Waals surface area contributed by atoms with Gasteiger partial charge in [0.25, 0.3) is 0 Å². The molecule has 12 rings (SSSR count). The summed E-state index contributed by atoms with van der Waals surface area (Å²) in [6, 6.07) is 79.2. The van der Waals surface area contributed by atoms with E-state index in [2.05, 4.69) is 215 Å². The van der Waals surface area contributed by atoms with Crippen LogP contribution in [-0.4, -0.2) is 24.1 Å². The molecule has 5 heteroatoms. The Morgan fingerprint density at radius 1 is 0.274 bits per heavy atom. The first kappa shape index (κ1) is 35.5. The summed E-state index contributed by atoms with van der Waals surface area (Å²) in [5, 5.41) is 4.67. The van der Waals surface area contributed by atoms with Crippen LogP contribution in [0.2, 0.25) is 0 Å². The third-order valence-corrected chi connectivity index (χ3v) is 12.0. The highest BCUT2D eigenvalue weighted by atomic mass is 15.2. The molecule has 0 N–H and O–H groups in total. The van der Waals surface area contributed by atoms with E-state index in [4.69, 9.17) is 15.0 Å². The van der Waals surface area contributed by atoms with Crippen molar-refractivity contribution in [2.75, 3.05) is 0 Å². The van der Waals surface area contributed by atoms with Crippen LogP contribution in [0.4, 0.5) is 0 Å². The molecule has 0 bridgehead atoms. The highest BCUT2D eigenvalue weighted by Crippen LogP contribution is 2.42. The summed E-state index contributed by atoms with van der Waals surface area (Å²) < 4.78 is 4.64. The smallest absolute Gasteiger partial charge is 0.238 e. The Balaban J connectivity index is 1.08. The average molecular weight is 792 g/mol. The van der Waals surface area contributed by atoms with Gasteiger partial charge in [0.15, 0.2) is 11.6 Å². The quantitative estimate of drug-likeness (QED) is 0.162. The zero-order valence-electron chi connectivity index (χ0n) is 33.6. The number of benzene rings is 9. The molecule has 0 amide bonds. The first-order chi connectivity index (χ1) is 30.7. The lowest BCUT2D eigenvalue weighted by molar-refractivity contribution is 0.953. The van der Waals surface area contributed by atoms with Crippen molar-refractivity contribution in [1.82, 2.24) is 24.1 Å². The highest BCUT2D eigenvalue weighted by molar-refractivity contribution is 6.26. The Morgan fingerprint density at radius 3 is 1.40 bits per heavy atom. The van der Waals surface area contributed by atoms with Crippen LogP contribution >= 0.6 is 0 Å². The van der Waals surface area contributed by atoms with Crippen LogP contribution < -0.4 is 0 Å². The van der Waals surface area contributed by atoms with E-state index < -0.39 is 0 Å². The van der Waals surface area contributed by atoms with Gasteiger partial charge in [-0.2, -0.15) is 9.97 Å². The molecule has 0 saturated heterocycles. The molecule has 0 spiro atoms. The van der Waals surface area contributed by atoms with Crippen LogP contribution in [0, 0.1) is 0 Å². The van der Waals surface area contributed by atoms with Crippen molar-refractivity contribution < 1.29 is 0 Å². The van der Waals surface area contributed by atoms with Gasteiger partial charge in [-0.3, -0.25) is 4.57 Å². The summed E-state index contributed by atoms with van der Waals surface area (Å²) in [5.74, 6) is 1.78. The normalized spacial score (nSPS) is 11.5. The van der Waals surface area contributed by atoms with Crippen molar-refractivity contribution in [2.24, 2.45) is 0 Å². The number of hydrogen-bond acceptors (Lipinski definition) is 3. The van der Waals surface area contributed by atoms with Crippen LogP contribution in [0.25, 0.3) is 111 Å². The second-order valence-electron chi connectivity index (χ2n) is 15.7. The maximum Gasteiger partial charge on any atom is 0.238 e. The van der Waals surface area contributed by atoms with Crippen molar-refractivity contribution in [3.8, 4) is 67.8 Å². The minimum absolute atomic E-state index is 0.561. The maximum absolute atomic E-state index is 5.35. The van der Waals surface area contributed by atoms with E-state index in [-0.39, 0.29) is 0 Å². The summed E-state index contributed by atoms with van der Waals surface area (Å²) in [4.78, 5) is 15.8. The lowest BCUT2D eigenvalue weighted by Gasteiger charge is -2.12. The molecule has 12 aromatic rings. The fraction of sp³-hybridized carbons (Fsp3) is 0. The predicted molar refractivity (Wildman–Crippen MR) is 256 cm³/mol. The zero-order chi connectivity index (χ0) is 41.0. The van der Waals surface area contributed by atoms with Crippen molar-refractivity contribution in [3.05, 3.63) is 224 Å². The number of aromatic nitrogens is 5. The number of para-hydroxylation sites is 2. The minimum Gasteiger partial charge on any atom is -0.309 e. The van der Waals surface area contributed by atoms with Gasteiger partial charge in [0.2, 0.25) is 5.95 Å². The molecule has 0 saturated carbocycles. The molecule has 5 nitrogen and oxygen atoms in total. The number of rotatable bonds is 7. The fourth-order valence-electron chi connectivity index (χ4n) is 9.08. The summed E-state index contributed by atoms with van der Waals surface area (Å²) in [6.07, 6.45) is 0. The van der Waals surface area contributed by atoms with Crippen molar-refractivity contribution in [3.63, 3.8) is 0 Å². The SMILES string of the molecule is c1ccc(-c2ccc(-n3c4ccccc4c4ccc5c(c6ccccc6n5-c5nc(-c6ccccc6)nc(-c6cccc(-c7cccc(-c8ccccc8)c7)c6)n5)c43)cc2)cc1. The van der Waals surface area contributed by atoms with Crippen LogP contribution in [0.5, 0.6) is 0 Å². The van der Waals surface area contributed by atoms with Crippen LogP contribution in [-0.2, 0) is 0 Å². The number of hydrogen-bond donors (Lipinski definition) is 0. The van der Waals surface area contributed by atoms with Crippen molar-refractivity contribution in [1.29, 1.82) is 0 Å². The molecule has 0 aliphatic rings. The van der Waals surface area contributed by atoms with Crippen LogP contribution in [0.1, 0.15) is 0 Å². The molecule has 0 atom stereocenters. The Hall–Kier alpha value is -8.41. The lowest BCUT2D eigenvalue weighted by atomic mass is 9.98. The Kier molecular flexibility index (Phi) is 8.42. The largest absolute Gasteiger partial charge is 0.309 e. The van der Waals surface area contributed by atoms with Gasteiger partial charge in [0.05, 0.1) is 22.1 Å². The van der Waals surface area contributed by atoms with E-state index in [9.17, 15) is 0 Å². The second-order valence-corrected chi connectivity index (χ2v) is 15.7. The topological polar surface area (TPSA) is 48.5 Å². The highest BCUT2D eigenvalue weighted by Gasteiger charge is 2.23. The Morgan fingerprint density at radius 2 is 0.742 bits per heavy atom. The van der Waals surface area contributed by atoms with Gasteiger partial charge in [-0.15, -0.1) is 0 Å².